The van der Waals surface area contributed by atoms with Gasteiger partial charge in [-0.15, -0.1) is 0 Å². The van der Waals surface area contributed by atoms with Gasteiger partial charge in [-0.25, -0.2) is 0 Å². The fraction of sp³-hybridized carbons (Fsp3) is 0.375. The molecule has 0 saturated carbocycles. The molecular weight excluding hydrogens is 248 g/mol. The summed E-state index contributed by atoms with van der Waals surface area (Å²) in [6.45, 7) is -0.577. The maximum atomic E-state index is 12.9. The topological polar surface area (TPSA) is 65.3 Å². The quantitative estimate of drug-likeness (QED) is 0.359. The Morgan fingerprint density at radius 3 is 2.59 bits per heavy atom. The lowest BCUT2D eigenvalue weighted by molar-refractivity contribution is -0.386. The Morgan fingerprint density at radius 2 is 2.12 bits per heavy atom. The number of hydrogen-bond donors (Lipinski definition) is 0. The molecule has 0 fully saturated rings. The molecule has 0 amide bonds. The Morgan fingerprint density at radius 1 is 1.53 bits per heavy atom. The van der Waals surface area contributed by atoms with Crippen LogP contribution in [-0.2, 0) is 0 Å². The van der Waals surface area contributed by atoms with Crippen molar-refractivity contribution in [3.63, 3.8) is 0 Å². The second kappa shape index (κ2) is 4.52. The van der Waals surface area contributed by atoms with Gasteiger partial charge in [-0.3, -0.25) is 10.1 Å². The molecule has 0 saturated heterocycles. The van der Waals surface area contributed by atoms with Crippen molar-refractivity contribution < 1.29 is 27.2 Å². The maximum absolute atomic E-state index is 12.9. The van der Waals surface area contributed by atoms with Crippen LogP contribution in [0.2, 0.25) is 0 Å². The van der Waals surface area contributed by atoms with Gasteiger partial charge >= 0.3 is 11.9 Å². The minimum Gasteiger partial charge on any atom is -0.463 e. The van der Waals surface area contributed by atoms with E-state index in [-0.39, 0.29) is 5.56 Å². The van der Waals surface area contributed by atoms with Gasteiger partial charge < -0.3 is 4.74 Å². The average Bonchev–Trinajstić information content (AvgIpc) is 2.17. The van der Waals surface area contributed by atoms with Crippen molar-refractivity contribution >= 4 is 5.69 Å². The van der Waals surface area contributed by atoms with Crippen LogP contribution in [0.5, 0.6) is 5.88 Å². The molecular formula is C8H6F4N2O3. The van der Waals surface area contributed by atoms with E-state index in [1.165, 1.54) is 6.92 Å². The van der Waals surface area contributed by atoms with Crippen LogP contribution in [0.1, 0.15) is 5.56 Å². The molecule has 17 heavy (non-hydrogen) atoms. The SMILES string of the molecule is Cc1cc([N+](=O)[O-])c(OCC(F)(F)F)nc1F. The summed E-state index contributed by atoms with van der Waals surface area (Å²) in [6, 6.07) is 0.758. The lowest BCUT2D eigenvalue weighted by atomic mass is 10.3. The molecule has 0 N–H and O–H groups in total. The first-order valence-corrected chi connectivity index (χ1v) is 4.22. The molecule has 0 aliphatic rings. The van der Waals surface area contributed by atoms with Crippen molar-refractivity contribution in [1.29, 1.82) is 0 Å². The van der Waals surface area contributed by atoms with E-state index >= 15 is 0 Å². The third-order valence-electron chi connectivity index (χ3n) is 1.67. The summed E-state index contributed by atoms with van der Waals surface area (Å²) in [4.78, 5) is 12.5. The van der Waals surface area contributed by atoms with Crippen LogP contribution in [0.15, 0.2) is 6.07 Å². The third kappa shape index (κ3) is 3.54. The van der Waals surface area contributed by atoms with E-state index in [4.69, 9.17) is 0 Å². The first kappa shape index (κ1) is 13.1. The highest BCUT2D eigenvalue weighted by Gasteiger charge is 2.31. The normalized spacial score (nSPS) is 11.4. The zero-order valence-corrected chi connectivity index (χ0v) is 8.42. The van der Waals surface area contributed by atoms with Crippen LogP contribution in [-0.4, -0.2) is 22.7 Å². The molecule has 0 aliphatic heterocycles. The van der Waals surface area contributed by atoms with Crippen LogP contribution in [0.4, 0.5) is 23.2 Å². The lowest BCUT2D eigenvalue weighted by Gasteiger charge is -2.08. The number of rotatable bonds is 3. The molecule has 0 radical (unpaired) electrons. The first-order valence-electron chi connectivity index (χ1n) is 4.22. The molecule has 94 valence electrons. The van der Waals surface area contributed by atoms with Gasteiger partial charge in [-0.05, 0) is 6.92 Å². The van der Waals surface area contributed by atoms with Gasteiger partial charge in [-0.1, -0.05) is 0 Å². The number of alkyl halides is 3. The standard InChI is InChI=1S/C8H6F4N2O3/c1-4-2-5(14(15)16)7(13-6(4)9)17-3-8(10,11)12/h2H,3H2,1H3. The largest absolute Gasteiger partial charge is 0.463 e. The molecule has 0 bridgehead atoms. The van der Waals surface area contributed by atoms with E-state index in [2.05, 4.69) is 9.72 Å². The Labute approximate surface area is 92.2 Å². The van der Waals surface area contributed by atoms with Crippen LogP contribution >= 0.6 is 0 Å². The number of nitro groups is 1. The highest BCUT2D eigenvalue weighted by Crippen LogP contribution is 2.28. The van der Waals surface area contributed by atoms with Crippen LogP contribution in [0, 0.1) is 23.0 Å². The van der Waals surface area contributed by atoms with E-state index in [1.54, 1.807) is 0 Å². The maximum Gasteiger partial charge on any atom is 0.422 e. The fourth-order valence-corrected chi connectivity index (χ4v) is 0.948. The molecule has 5 nitrogen and oxygen atoms in total. The zero-order chi connectivity index (χ0) is 13.2. The van der Waals surface area contributed by atoms with Gasteiger partial charge in [0.25, 0.3) is 5.88 Å². The Balaban J connectivity index is 3.05. The summed E-state index contributed by atoms with van der Waals surface area (Å²) in [5, 5.41) is 10.5. The summed E-state index contributed by atoms with van der Waals surface area (Å²) in [5.74, 6) is -2.11. The average molecular weight is 254 g/mol. The predicted molar refractivity (Wildman–Crippen MR) is 47.1 cm³/mol. The second-order valence-electron chi connectivity index (χ2n) is 3.08. The van der Waals surface area contributed by atoms with Crippen molar-refractivity contribution in [3.8, 4) is 5.88 Å². The molecule has 1 aromatic rings. The number of aryl methyl sites for hydroxylation is 1. The Bertz CT molecular complexity index is 447. The highest BCUT2D eigenvalue weighted by molar-refractivity contribution is 5.43. The number of ether oxygens (including phenoxy) is 1. The molecule has 0 spiro atoms. The summed E-state index contributed by atoms with van der Waals surface area (Å²) in [5.41, 5.74) is -0.968. The molecule has 0 aliphatic carbocycles. The van der Waals surface area contributed by atoms with Crippen molar-refractivity contribution in [2.24, 2.45) is 0 Å². The molecule has 0 aromatic carbocycles. The molecule has 9 heteroatoms. The van der Waals surface area contributed by atoms with Crippen molar-refractivity contribution in [2.45, 2.75) is 13.1 Å². The van der Waals surface area contributed by atoms with Gasteiger partial charge in [0, 0.05) is 11.6 Å². The van der Waals surface area contributed by atoms with Crippen molar-refractivity contribution in [3.05, 3.63) is 27.7 Å². The van der Waals surface area contributed by atoms with E-state index in [9.17, 15) is 27.7 Å². The van der Waals surface area contributed by atoms with Gasteiger partial charge in [0.1, 0.15) is 0 Å². The Kier molecular flexibility index (Phi) is 3.49. The van der Waals surface area contributed by atoms with E-state index in [0.717, 1.165) is 6.07 Å². The van der Waals surface area contributed by atoms with Crippen LogP contribution in [0.25, 0.3) is 0 Å². The molecule has 1 heterocycles. The zero-order valence-electron chi connectivity index (χ0n) is 8.42. The number of nitrogens with zero attached hydrogens (tertiary/aromatic N) is 2. The number of aromatic nitrogens is 1. The van der Waals surface area contributed by atoms with Gasteiger partial charge in [-0.2, -0.15) is 22.5 Å². The van der Waals surface area contributed by atoms with E-state index in [0.29, 0.717) is 0 Å². The summed E-state index contributed by atoms with van der Waals surface area (Å²) < 4.78 is 52.5. The monoisotopic (exact) mass is 254 g/mol. The highest BCUT2D eigenvalue weighted by atomic mass is 19.4. The number of pyridine rings is 1. The van der Waals surface area contributed by atoms with E-state index in [1.807, 2.05) is 0 Å². The first-order chi connectivity index (χ1) is 7.70. The van der Waals surface area contributed by atoms with Crippen molar-refractivity contribution in [1.82, 2.24) is 4.98 Å². The van der Waals surface area contributed by atoms with Crippen LogP contribution < -0.4 is 4.74 Å². The van der Waals surface area contributed by atoms with Gasteiger partial charge in [0.2, 0.25) is 5.95 Å². The second-order valence-corrected chi connectivity index (χ2v) is 3.08. The summed E-state index contributed by atoms with van der Waals surface area (Å²) in [6.07, 6.45) is -4.68. The van der Waals surface area contributed by atoms with E-state index < -0.39 is 35.2 Å². The summed E-state index contributed by atoms with van der Waals surface area (Å²) >= 11 is 0. The van der Waals surface area contributed by atoms with Gasteiger partial charge in [0.15, 0.2) is 6.61 Å². The predicted octanol–water partition coefficient (Wildman–Crippen LogP) is 2.38. The minimum absolute atomic E-state index is 0.156. The lowest BCUT2D eigenvalue weighted by Crippen LogP contribution is -2.20. The number of halogens is 4. The summed E-state index contributed by atoms with van der Waals surface area (Å²) in [7, 11) is 0. The molecule has 0 unspecified atom stereocenters. The molecule has 1 aromatic heterocycles. The molecule has 1 rings (SSSR count). The molecule has 0 atom stereocenters. The minimum atomic E-state index is -4.68. The van der Waals surface area contributed by atoms with Gasteiger partial charge in [0.05, 0.1) is 4.92 Å². The Hall–Kier alpha value is -1.93. The fourth-order valence-electron chi connectivity index (χ4n) is 0.948. The van der Waals surface area contributed by atoms with Crippen LogP contribution in [0.3, 0.4) is 0 Å². The smallest absolute Gasteiger partial charge is 0.422 e. The van der Waals surface area contributed by atoms with Crippen molar-refractivity contribution in [2.75, 3.05) is 6.61 Å². The number of hydrogen-bond acceptors (Lipinski definition) is 4. The third-order valence-corrected chi connectivity index (χ3v) is 1.67.